The smallest absolute Gasteiger partial charge is 0.137 e. The van der Waals surface area contributed by atoms with Crippen molar-refractivity contribution in [1.82, 2.24) is 10.3 Å². The molecule has 0 aliphatic carbocycles. The van der Waals surface area contributed by atoms with Crippen molar-refractivity contribution in [3.63, 3.8) is 0 Å². The molecule has 0 aliphatic heterocycles. The van der Waals surface area contributed by atoms with E-state index in [2.05, 4.69) is 24.1 Å². The summed E-state index contributed by atoms with van der Waals surface area (Å²) in [4.78, 5) is 4.35. The predicted octanol–water partition coefficient (Wildman–Crippen LogP) is 1.51. The lowest BCUT2D eigenvalue weighted by molar-refractivity contribution is 0.201. The van der Waals surface area contributed by atoms with E-state index < -0.39 is 0 Å². The standard InChI is InChI=1S/C12H20N2O2/c1-3-11(13-4-2)12-6-5-10(9-14-12)16-8-7-15/h5-6,9,11,13,15H,3-4,7-8H2,1-2H3. The predicted molar refractivity (Wildman–Crippen MR) is 63.5 cm³/mol. The minimum absolute atomic E-state index is 0.0245. The van der Waals surface area contributed by atoms with Crippen LogP contribution in [0, 0.1) is 0 Å². The maximum absolute atomic E-state index is 8.62. The summed E-state index contributed by atoms with van der Waals surface area (Å²) in [6, 6.07) is 4.15. The van der Waals surface area contributed by atoms with Crippen LogP contribution in [0.5, 0.6) is 5.75 Å². The zero-order chi connectivity index (χ0) is 11.8. The van der Waals surface area contributed by atoms with Gasteiger partial charge in [0.15, 0.2) is 0 Å². The van der Waals surface area contributed by atoms with Crippen LogP contribution < -0.4 is 10.1 Å². The van der Waals surface area contributed by atoms with Gasteiger partial charge in [-0.15, -0.1) is 0 Å². The fraction of sp³-hybridized carbons (Fsp3) is 0.583. The third kappa shape index (κ3) is 3.79. The van der Waals surface area contributed by atoms with Crippen LogP contribution in [0.1, 0.15) is 32.0 Å². The van der Waals surface area contributed by atoms with Crippen LogP contribution in [-0.2, 0) is 0 Å². The second kappa shape index (κ2) is 7.19. The summed E-state index contributed by atoms with van der Waals surface area (Å²) in [6.45, 7) is 5.48. The third-order valence-electron chi connectivity index (χ3n) is 2.34. The largest absolute Gasteiger partial charge is 0.490 e. The van der Waals surface area contributed by atoms with Gasteiger partial charge in [0.2, 0.25) is 0 Å². The Balaban J connectivity index is 2.61. The van der Waals surface area contributed by atoms with Crippen molar-refractivity contribution in [2.75, 3.05) is 19.8 Å². The highest BCUT2D eigenvalue weighted by molar-refractivity contribution is 5.21. The molecular weight excluding hydrogens is 204 g/mol. The van der Waals surface area contributed by atoms with Gasteiger partial charge < -0.3 is 15.2 Å². The first-order chi connectivity index (χ1) is 7.81. The molecule has 0 aromatic carbocycles. The summed E-state index contributed by atoms with van der Waals surface area (Å²) in [5.41, 5.74) is 1.03. The zero-order valence-electron chi connectivity index (χ0n) is 9.94. The van der Waals surface area contributed by atoms with E-state index in [1.165, 1.54) is 0 Å². The SMILES string of the molecule is CCNC(CC)c1ccc(OCCO)cn1. The Labute approximate surface area is 96.7 Å². The second-order valence-electron chi connectivity index (χ2n) is 3.51. The molecule has 2 N–H and O–H groups in total. The van der Waals surface area contributed by atoms with Crippen LogP contribution in [-0.4, -0.2) is 29.8 Å². The Morgan fingerprint density at radius 1 is 1.44 bits per heavy atom. The van der Waals surface area contributed by atoms with Crippen LogP contribution in [0.15, 0.2) is 18.3 Å². The fourth-order valence-corrected chi connectivity index (χ4v) is 1.55. The molecule has 1 atom stereocenters. The molecule has 1 unspecified atom stereocenters. The summed E-state index contributed by atoms with van der Waals surface area (Å²) in [7, 11) is 0. The van der Waals surface area contributed by atoms with Crippen LogP contribution in [0.2, 0.25) is 0 Å². The van der Waals surface area contributed by atoms with E-state index in [1.807, 2.05) is 12.1 Å². The quantitative estimate of drug-likeness (QED) is 0.737. The first-order valence-electron chi connectivity index (χ1n) is 5.74. The first kappa shape index (κ1) is 12.9. The van der Waals surface area contributed by atoms with Gasteiger partial charge in [-0.1, -0.05) is 13.8 Å². The minimum Gasteiger partial charge on any atom is -0.490 e. The van der Waals surface area contributed by atoms with E-state index in [4.69, 9.17) is 9.84 Å². The fourth-order valence-electron chi connectivity index (χ4n) is 1.55. The molecule has 0 aliphatic rings. The lowest BCUT2D eigenvalue weighted by Crippen LogP contribution is -2.20. The number of hydrogen-bond acceptors (Lipinski definition) is 4. The number of nitrogens with one attached hydrogen (secondary N) is 1. The van der Waals surface area contributed by atoms with Gasteiger partial charge >= 0.3 is 0 Å². The van der Waals surface area contributed by atoms with Gasteiger partial charge in [0, 0.05) is 6.04 Å². The van der Waals surface area contributed by atoms with Crippen LogP contribution in [0.25, 0.3) is 0 Å². The monoisotopic (exact) mass is 224 g/mol. The topological polar surface area (TPSA) is 54.4 Å². The van der Waals surface area contributed by atoms with Crippen molar-refractivity contribution in [2.24, 2.45) is 0 Å². The molecule has 0 radical (unpaired) electrons. The molecule has 0 fully saturated rings. The van der Waals surface area contributed by atoms with Crippen molar-refractivity contribution in [3.05, 3.63) is 24.0 Å². The Kier molecular flexibility index (Phi) is 5.82. The van der Waals surface area contributed by atoms with Crippen LogP contribution in [0.3, 0.4) is 0 Å². The van der Waals surface area contributed by atoms with Crippen molar-refractivity contribution in [3.8, 4) is 5.75 Å². The highest BCUT2D eigenvalue weighted by atomic mass is 16.5. The molecule has 16 heavy (non-hydrogen) atoms. The van der Waals surface area contributed by atoms with E-state index in [1.54, 1.807) is 6.20 Å². The first-order valence-corrected chi connectivity index (χ1v) is 5.74. The number of ether oxygens (including phenoxy) is 1. The average Bonchev–Trinajstić information content (AvgIpc) is 2.34. The van der Waals surface area contributed by atoms with Crippen molar-refractivity contribution in [2.45, 2.75) is 26.3 Å². The number of rotatable bonds is 7. The van der Waals surface area contributed by atoms with Gasteiger partial charge in [0.25, 0.3) is 0 Å². The molecule has 0 saturated heterocycles. The number of hydrogen-bond donors (Lipinski definition) is 2. The van der Waals surface area contributed by atoms with Crippen LogP contribution in [0.4, 0.5) is 0 Å². The summed E-state index contributed by atoms with van der Waals surface area (Å²) in [5, 5.41) is 12.0. The average molecular weight is 224 g/mol. The Morgan fingerprint density at radius 2 is 2.25 bits per heavy atom. The van der Waals surface area contributed by atoms with Gasteiger partial charge in [0.1, 0.15) is 12.4 Å². The van der Waals surface area contributed by atoms with Crippen molar-refractivity contribution >= 4 is 0 Å². The number of aromatic nitrogens is 1. The highest BCUT2D eigenvalue weighted by Gasteiger charge is 2.08. The third-order valence-corrected chi connectivity index (χ3v) is 2.34. The molecule has 1 aromatic rings. The zero-order valence-corrected chi connectivity index (χ0v) is 9.94. The lowest BCUT2D eigenvalue weighted by atomic mass is 10.1. The van der Waals surface area contributed by atoms with Gasteiger partial charge in [-0.3, -0.25) is 4.98 Å². The van der Waals surface area contributed by atoms with Crippen molar-refractivity contribution in [1.29, 1.82) is 0 Å². The van der Waals surface area contributed by atoms with Gasteiger partial charge in [-0.25, -0.2) is 0 Å². The number of aliphatic hydroxyl groups excluding tert-OH is 1. The number of nitrogens with zero attached hydrogens (tertiary/aromatic N) is 1. The van der Waals surface area contributed by atoms with E-state index in [9.17, 15) is 0 Å². The summed E-state index contributed by atoms with van der Waals surface area (Å²) >= 11 is 0. The van der Waals surface area contributed by atoms with E-state index in [0.717, 1.165) is 18.7 Å². The van der Waals surface area contributed by atoms with Crippen molar-refractivity contribution < 1.29 is 9.84 Å². The Hall–Kier alpha value is -1.13. The lowest BCUT2D eigenvalue weighted by Gasteiger charge is -2.15. The molecule has 0 spiro atoms. The minimum atomic E-state index is 0.0245. The molecule has 1 aromatic heterocycles. The molecule has 4 heteroatoms. The molecular formula is C12H20N2O2. The maximum atomic E-state index is 8.62. The van der Waals surface area contributed by atoms with Crippen LogP contribution >= 0.6 is 0 Å². The molecule has 90 valence electrons. The van der Waals surface area contributed by atoms with Gasteiger partial charge in [-0.2, -0.15) is 0 Å². The van der Waals surface area contributed by atoms with E-state index in [-0.39, 0.29) is 6.61 Å². The molecule has 4 nitrogen and oxygen atoms in total. The molecule has 1 heterocycles. The summed E-state index contributed by atoms with van der Waals surface area (Å²) < 4.78 is 5.25. The Morgan fingerprint density at radius 3 is 2.75 bits per heavy atom. The number of pyridine rings is 1. The van der Waals surface area contributed by atoms with E-state index in [0.29, 0.717) is 18.4 Å². The normalized spacial score (nSPS) is 12.4. The van der Waals surface area contributed by atoms with Gasteiger partial charge in [0.05, 0.1) is 18.5 Å². The maximum Gasteiger partial charge on any atom is 0.137 e. The summed E-state index contributed by atoms with van der Waals surface area (Å²) in [5.74, 6) is 0.698. The Bertz CT molecular complexity index is 288. The number of aliphatic hydroxyl groups is 1. The molecule has 0 bridgehead atoms. The van der Waals surface area contributed by atoms with E-state index >= 15 is 0 Å². The molecule has 0 saturated carbocycles. The second-order valence-corrected chi connectivity index (χ2v) is 3.51. The highest BCUT2D eigenvalue weighted by Crippen LogP contribution is 2.16. The van der Waals surface area contributed by atoms with Gasteiger partial charge in [-0.05, 0) is 25.1 Å². The molecule has 1 rings (SSSR count). The summed E-state index contributed by atoms with van der Waals surface area (Å²) in [6.07, 6.45) is 2.71. The molecule has 0 amide bonds.